The van der Waals surface area contributed by atoms with Crippen LogP contribution in [0.15, 0.2) is 35.7 Å². The van der Waals surface area contributed by atoms with E-state index in [0.29, 0.717) is 0 Å². The maximum Gasteiger partial charge on any atom is 0.235 e. The molecule has 25 heavy (non-hydrogen) atoms. The van der Waals surface area contributed by atoms with Crippen LogP contribution in [0.2, 0.25) is 0 Å². The number of imidazole rings is 1. The Morgan fingerprint density at radius 2 is 1.92 bits per heavy atom. The van der Waals surface area contributed by atoms with Crippen LogP contribution in [0, 0.1) is 19.8 Å². The van der Waals surface area contributed by atoms with E-state index < -0.39 is 21.5 Å². The highest BCUT2D eigenvalue weighted by Crippen LogP contribution is 2.20. The number of aromatic nitrogens is 2. The van der Waals surface area contributed by atoms with E-state index in [1.165, 1.54) is 10.8 Å². The standard InChI is InChI=1S/C18H25N3O3S/c1-12(2)15(5)20-17(22)11-25(23,24)18-19-8-9-21(18)16-10-13(3)6-7-14(16)4/h6-10,12,15H,11H2,1-5H3,(H,20,22). The third kappa shape index (κ3) is 4.48. The molecule has 0 fully saturated rings. The minimum Gasteiger partial charge on any atom is -0.352 e. The first-order valence-electron chi connectivity index (χ1n) is 8.25. The second-order valence-corrected chi connectivity index (χ2v) is 8.61. The van der Waals surface area contributed by atoms with Gasteiger partial charge in [0.15, 0.2) is 0 Å². The molecule has 0 aliphatic rings. The molecule has 0 aliphatic heterocycles. The van der Waals surface area contributed by atoms with Gasteiger partial charge in [-0.05, 0) is 43.9 Å². The van der Waals surface area contributed by atoms with E-state index >= 15 is 0 Å². The van der Waals surface area contributed by atoms with Crippen LogP contribution in [-0.4, -0.2) is 35.7 Å². The molecule has 0 saturated carbocycles. The predicted molar refractivity (Wildman–Crippen MR) is 97.5 cm³/mol. The van der Waals surface area contributed by atoms with Crippen LogP contribution in [0.4, 0.5) is 0 Å². The fourth-order valence-corrected chi connectivity index (χ4v) is 3.62. The van der Waals surface area contributed by atoms with Crippen molar-refractivity contribution in [1.82, 2.24) is 14.9 Å². The highest BCUT2D eigenvalue weighted by Gasteiger charge is 2.26. The number of amides is 1. The maximum atomic E-state index is 12.7. The fraction of sp³-hybridized carbons (Fsp3) is 0.444. The van der Waals surface area contributed by atoms with Gasteiger partial charge in [0, 0.05) is 18.4 Å². The lowest BCUT2D eigenvalue weighted by Gasteiger charge is -2.17. The summed E-state index contributed by atoms with van der Waals surface area (Å²) in [6.07, 6.45) is 3.03. The van der Waals surface area contributed by atoms with Crippen molar-refractivity contribution in [3.05, 3.63) is 41.7 Å². The van der Waals surface area contributed by atoms with Gasteiger partial charge in [-0.3, -0.25) is 9.36 Å². The smallest absolute Gasteiger partial charge is 0.235 e. The molecule has 1 unspecified atom stereocenters. The average molecular weight is 363 g/mol. The number of sulfone groups is 1. The third-order valence-corrected chi connectivity index (χ3v) is 5.72. The van der Waals surface area contributed by atoms with Crippen LogP contribution in [0.5, 0.6) is 0 Å². The minimum absolute atomic E-state index is 0.0959. The molecule has 2 rings (SSSR count). The van der Waals surface area contributed by atoms with Crippen molar-refractivity contribution in [2.24, 2.45) is 5.92 Å². The first kappa shape index (κ1) is 19.2. The van der Waals surface area contributed by atoms with Gasteiger partial charge in [-0.1, -0.05) is 26.0 Å². The number of carbonyl (C=O) groups excluding carboxylic acids is 1. The third-order valence-electron chi connectivity index (χ3n) is 4.22. The molecule has 6 nitrogen and oxygen atoms in total. The Hall–Kier alpha value is -2.15. The van der Waals surface area contributed by atoms with Crippen molar-refractivity contribution < 1.29 is 13.2 Å². The van der Waals surface area contributed by atoms with Gasteiger partial charge in [0.2, 0.25) is 20.9 Å². The molecule has 0 spiro atoms. The van der Waals surface area contributed by atoms with Crippen LogP contribution < -0.4 is 5.32 Å². The van der Waals surface area contributed by atoms with E-state index in [0.717, 1.165) is 16.8 Å². The Bertz CT molecular complexity index is 869. The second kappa shape index (κ2) is 7.39. The van der Waals surface area contributed by atoms with Gasteiger partial charge in [0.1, 0.15) is 5.75 Å². The van der Waals surface area contributed by atoms with Crippen molar-refractivity contribution >= 4 is 15.7 Å². The van der Waals surface area contributed by atoms with Gasteiger partial charge < -0.3 is 5.32 Å². The molecular formula is C18H25N3O3S. The summed E-state index contributed by atoms with van der Waals surface area (Å²) >= 11 is 0. The molecule has 1 aromatic heterocycles. The Morgan fingerprint density at radius 3 is 2.56 bits per heavy atom. The molecule has 1 amide bonds. The van der Waals surface area contributed by atoms with E-state index in [1.54, 1.807) is 6.20 Å². The Morgan fingerprint density at radius 1 is 1.24 bits per heavy atom. The number of aryl methyl sites for hydroxylation is 2. The first-order chi connectivity index (χ1) is 11.6. The SMILES string of the molecule is Cc1ccc(C)c(-n2ccnc2S(=O)(=O)CC(=O)NC(C)C(C)C)c1. The quantitative estimate of drug-likeness (QED) is 0.855. The number of benzene rings is 1. The normalized spacial score (nSPS) is 13.0. The van der Waals surface area contributed by atoms with Crippen molar-refractivity contribution in [3.63, 3.8) is 0 Å². The van der Waals surface area contributed by atoms with E-state index in [4.69, 9.17) is 0 Å². The lowest BCUT2D eigenvalue weighted by Crippen LogP contribution is -2.39. The number of nitrogens with zero attached hydrogens (tertiary/aromatic N) is 2. The van der Waals surface area contributed by atoms with Gasteiger partial charge >= 0.3 is 0 Å². The van der Waals surface area contributed by atoms with E-state index in [2.05, 4.69) is 10.3 Å². The average Bonchev–Trinajstić information content (AvgIpc) is 2.99. The summed E-state index contributed by atoms with van der Waals surface area (Å²) in [5, 5.41) is 2.60. The largest absolute Gasteiger partial charge is 0.352 e. The highest BCUT2D eigenvalue weighted by atomic mass is 32.2. The Balaban J connectivity index is 2.32. The Kier molecular flexibility index (Phi) is 5.67. The molecule has 136 valence electrons. The van der Waals surface area contributed by atoms with Crippen molar-refractivity contribution in [2.45, 2.75) is 45.8 Å². The number of rotatable bonds is 6. The van der Waals surface area contributed by atoms with Crippen LogP contribution in [0.25, 0.3) is 5.69 Å². The fourth-order valence-electron chi connectivity index (χ4n) is 2.38. The van der Waals surface area contributed by atoms with E-state index in [-0.39, 0.29) is 17.1 Å². The van der Waals surface area contributed by atoms with E-state index in [1.807, 2.05) is 52.8 Å². The van der Waals surface area contributed by atoms with Gasteiger partial charge in [0.05, 0.1) is 5.69 Å². The predicted octanol–water partition coefficient (Wildman–Crippen LogP) is 2.42. The molecular weight excluding hydrogens is 338 g/mol. The van der Waals surface area contributed by atoms with Crippen LogP contribution >= 0.6 is 0 Å². The molecule has 0 bridgehead atoms. The molecule has 0 radical (unpaired) electrons. The van der Waals surface area contributed by atoms with Crippen molar-refractivity contribution in [1.29, 1.82) is 0 Å². The number of nitrogens with one attached hydrogen (secondary N) is 1. The summed E-state index contributed by atoms with van der Waals surface area (Å²) in [6, 6.07) is 5.70. The van der Waals surface area contributed by atoms with Gasteiger partial charge in [-0.2, -0.15) is 0 Å². The molecule has 0 aliphatic carbocycles. The zero-order valence-corrected chi connectivity index (χ0v) is 16.1. The van der Waals surface area contributed by atoms with Crippen LogP contribution in [0.3, 0.4) is 0 Å². The zero-order chi connectivity index (χ0) is 18.8. The zero-order valence-electron chi connectivity index (χ0n) is 15.3. The van der Waals surface area contributed by atoms with E-state index in [9.17, 15) is 13.2 Å². The van der Waals surface area contributed by atoms with Crippen LogP contribution in [-0.2, 0) is 14.6 Å². The number of hydrogen-bond donors (Lipinski definition) is 1. The topological polar surface area (TPSA) is 81.1 Å². The summed E-state index contributed by atoms with van der Waals surface area (Å²) in [4.78, 5) is 16.1. The molecule has 1 N–H and O–H groups in total. The lowest BCUT2D eigenvalue weighted by molar-refractivity contribution is -0.119. The van der Waals surface area contributed by atoms with Gasteiger partial charge in [-0.15, -0.1) is 0 Å². The summed E-state index contributed by atoms with van der Waals surface area (Å²) < 4.78 is 26.9. The summed E-state index contributed by atoms with van der Waals surface area (Å²) in [6.45, 7) is 9.63. The molecule has 1 heterocycles. The van der Waals surface area contributed by atoms with Gasteiger partial charge in [0.25, 0.3) is 0 Å². The molecule has 7 heteroatoms. The number of hydrogen-bond acceptors (Lipinski definition) is 4. The minimum atomic E-state index is -3.86. The van der Waals surface area contributed by atoms with Crippen LogP contribution in [0.1, 0.15) is 31.9 Å². The molecule has 2 aromatic rings. The summed E-state index contributed by atoms with van der Waals surface area (Å²) in [5.74, 6) is -0.911. The van der Waals surface area contributed by atoms with Crippen molar-refractivity contribution in [3.8, 4) is 5.69 Å². The highest BCUT2D eigenvalue weighted by molar-refractivity contribution is 7.92. The Labute approximate surface area is 149 Å². The lowest BCUT2D eigenvalue weighted by atomic mass is 10.1. The molecule has 1 atom stereocenters. The summed E-state index contributed by atoms with van der Waals surface area (Å²) in [5.41, 5.74) is 2.69. The molecule has 1 aromatic carbocycles. The second-order valence-electron chi connectivity index (χ2n) is 6.73. The first-order valence-corrected chi connectivity index (χ1v) is 9.90. The maximum absolute atomic E-state index is 12.7. The van der Waals surface area contributed by atoms with Crippen molar-refractivity contribution in [2.75, 3.05) is 5.75 Å². The number of carbonyl (C=O) groups is 1. The van der Waals surface area contributed by atoms with Gasteiger partial charge in [-0.25, -0.2) is 13.4 Å². The molecule has 0 saturated heterocycles. The monoisotopic (exact) mass is 363 g/mol. The summed E-state index contributed by atoms with van der Waals surface area (Å²) in [7, 11) is -3.86.